The molecule has 0 spiro atoms. The Morgan fingerprint density at radius 2 is 1.96 bits per heavy atom. The molecule has 3 aliphatic rings. The number of rotatable bonds is 3. The molecule has 1 aromatic rings. The predicted octanol–water partition coefficient (Wildman–Crippen LogP) is 4.90. The standard InChI is InChI=1S/C21H27N3O2S/c1-20(2)14-8-9-21(20,3)18(11-14)22-19-24-23-15(12-27-19)13-6-7-16(25-4)17(10-13)26-5/h6-7,10,12,14,23H,8-9,11H2,1-5H3/t14-,21+/m0/s1. The fraction of sp³-hybridized carbons (Fsp3) is 0.524. The quantitative estimate of drug-likeness (QED) is 0.804. The molecular weight excluding hydrogens is 358 g/mol. The summed E-state index contributed by atoms with van der Waals surface area (Å²) in [6, 6.07) is 5.84. The lowest BCUT2D eigenvalue weighted by molar-refractivity contribution is 0.194. The summed E-state index contributed by atoms with van der Waals surface area (Å²) in [6.07, 6.45) is 3.67. The molecule has 27 heavy (non-hydrogen) atoms. The Balaban J connectivity index is 1.51. The van der Waals surface area contributed by atoms with Gasteiger partial charge in [-0.2, -0.15) is 0 Å². The van der Waals surface area contributed by atoms with E-state index in [1.807, 2.05) is 18.2 Å². The van der Waals surface area contributed by atoms with Crippen molar-refractivity contribution in [2.24, 2.45) is 26.8 Å². The molecule has 0 radical (unpaired) electrons. The van der Waals surface area contributed by atoms with Crippen molar-refractivity contribution >= 4 is 28.3 Å². The van der Waals surface area contributed by atoms with E-state index in [9.17, 15) is 0 Å². The zero-order valence-corrected chi connectivity index (χ0v) is 17.4. The van der Waals surface area contributed by atoms with Crippen LogP contribution in [-0.2, 0) is 0 Å². The van der Waals surface area contributed by atoms with Gasteiger partial charge in [0, 0.05) is 22.1 Å². The number of amidine groups is 1. The van der Waals surface area contributed by atoms with Gasteiger partial charge in [0.2, 0.25) is 5.17 Å². The molecule has 5 nitrogen and oxygen atoms in total. The molecule has 6 heteroatoms. The lowest BCUT2D eigenvalue weighted by atomic mass is 9.70. The summed E-state index contributed by atoms with van der Waals surface area (Å²) < 4.78 is 10.7. The molecule has 1 N–H and O–H groups in total. The lowest BCUT2D eigenvalue weighted by Crippen LogP contribution is -2.33. The number of nitrogens with zero attached hydrogens (tertiary/aromatic N) is 2. The lowest BCUT2D eigenvalue weighted by Gasteiger charge is -2.34. The Bertz CT molecular complexity index is 859. The molecule has 0 saturated heterocycles. The highest BCUT2D eigenvalue weighted by Gasteiger charge is 2.59. The number of methoxy groups -OCH3 is 2. The highest BCUT2D eigenvalue weighted by Crippen LogP contribution is 2.64. The summed E-state index contributed by atoms with van der Waals surface area (Å²) in [7, 11) is 3.28. The smallest absolute Gasteiger partial charge is 0.210 e. The third-order valence-electron chi connectivity index (χ3n) is 6.99. The van der Waals surface area contributed by atoms with Gasteiger partial charge in [-0.3, -0.25) is 5.43 Å². The third kappa shape index (κ3) is 2.85. The van der Waals surface area contributed by atoms with Crippen LogP contribution < -0.4 is 14.9 Å². The van der Waals surface area contributed by atoms with Gasteiger partial charge in [0.05, 0.1) is 19.9 Å². The van der Waals surface area contributed by atoms with Crippen LogP contribution in [0.5, 0.6) is 11.5 Å². The zero-order chi connectivity index (χ0) is 19.2. The molecule has 0 amide bonds. The van der Waals surface area contributed by atoms with Gasteiger partial charge < -0.3 is 9.47 Å². The third-order valence-corrected chi connectivity index (χ3v) is 7.74. The van der Waals surface area contributed by atoms with E-state index < -0.39 is 0 Å². The number of hydrogen-bond acceptors (Lipinski definition) is 6. The summed E-state index contributed by atoms with van der Waals surface area (Å²) in [5, 5.41) is 7.37. The number of nitrogens with one attached hydrogen (secondary N) is 1. The van der Waals surface area contributed by atoms with Crippen molar-refractivity contribution in [1.29, 1.82) is 0 Å². The Labute approximate surface area is 165 Å². The van der Waals surface area contributed by atoms with E-state index in [1.54, 1.807) is 26.0 Å². The fourth-order valence-electron chi connectivity index (χ4n) is 4.67. The zero-order valence-electron chi connectivity index (χ0n) is 16.6. The molecule has 1 heterocycles. The molecule has 2 atom stereocenters. The SMILES string of the molecule is COc1ccc(C2=CSC(N=C3C[C@@H]4CC[C@@]3(C)C4(C)C)=NN2)cc1OC. The van der Waals surface area contributed by atoms with Gasteiger partial charge in [0.1, 0.15) is 0 Å². The van der Waals surface area contributed by atoms with Crippen molar-refractivity contribution in [2.45, 2.75) is 40.0 Å². The average Bonchev–Trinajstić information content (AvgIpc) is 3.01. The first kappa shape index (κ1) is 18.4. The molecule has 1 aromatic carbocycles. The molecule has 0 unspecified atom stereocenters. The predicted molar refractivity (Wildman–Crippen MR) is 112 cm³/mol. The highest BCUT2D eigenvalue weighted by molar-refractivity contribution is 8.16. The van der Waals surface area contributed by atoms with Crippen molar-refractivity contribution in [3.63, 3.8) is 0 Å². The maximum atomic E-state index is 5.39. The summed E-state index contributed by atoms with van der Waals surface area (Å²) >= 11 is 1.57. The first-order valence-electron chi connectivity index (χ1n) is 9.40. The Kier molecular flexibility index (Phi) is 4.49. The van der Waals surface area contributed by atoms with E-state index in [0.717, 1.165) is 28.8 Å². The van der Waals surface area contributed by atoms with Crippen molar-refractivity contribution in [1.82, 2.24) is 5.43 Å². The van der Waals surface area contributed by atoms with E-state index in [2.05, 4.69) is 36.7 Å². The molecule has 0 aromatic heterocycles. The van der Waals surface area contributed by atoms with Gasteiger partial charge in [-0.15, -0.1) is 5.10 Å². The average molecular weight is 386 g/mol. The maximum absolute atomic E-state index is 5.39. The molecule has 1 aliphatic heterocycles. The highest BCUT2D eigenvalue weighted by atomic mass is 32.2. The minimum Gasteiger partial charge on any atom is -0.493 e. The first-order chi connectivity index (χ1) is 12.9. The number of hydrazone groups is 1. The topological polar surface area (TPSA) is 55.2 Å². The van der Waals surface area contributed by atoms with Crippen LogP contribution in [0.25, 0.3) is 5.70 Å². The van der Waals surface area contributed by atoms with E-state index in [4.69, 9.17) is 14.5 Å². The number of aliphatic imine (C=N–C) groups is 1. The van der Waals surface area contributed by atoms with Gasteiger partial charge in [-0.1, -0.05) is 32.5 Å². The van der Waals surface area contributed by atoms with Gasteiger partial charge in [0.25, 0.3) is 0 Å². The summed E-state index contributed by atoms with van der Waals surface area (Å²) in [6.45, 7) is 7.18. The van der Waals surface area contributed by atoms with Crippen molar-refractivity contribution < 1.29 is 9.47 Å². The summed E-state index contributed by atoms with van der Waals surface area (Å²) in [5.41, 5.74) is 6.94. The van der Waals surface area contributed by atoms with Gasteiger partial charge >= 0.3 is 0 Å². The van der Waals surface area contributed by atoms with Crippen LogP contribution in [0, 0.1) is 16.7 Å². The minimum absolute atomic E-state index is 0.202. The molecule has 2 bridgehead atoms. The van der Waals surface area contributed by atoms with Crippen LogP contribution in [0.3, 0.4) is 0 Å². The number of thioether (sulfide) groups is 1. The largest absolute Gasteiger partial charge is 0.493 e. The Morgan fingerprint density at radius 1 is 1.19 bits per heavy atom. The molecule has 2 saturated carbocycles. The van der Waals surface area contributed by atoms with Crippen molar-refractivity contribution in [3.05, 3.63) is 29.2 Å². The Morgan fingerprint density at radius 3 is 2.52 bits per heavy atom. The van der Waals surface area contributed by atoms with E-state index >= 15 is 0 Å². The Hall–Kier alpha value is -1.95. The van der Waals surface area contributed by atoms with Crippen LogP contribution in [-0.4, -0.2) is 25.1 Å². The first-order valence-corrected chi connectivity index (χ1v) is 10.3. The number of benzene rings is 1. The maximum Gasteiger partial charge on any atom is 0.210 e. The number of fused-ring (bicyclic) bond motifs is 2. The second-order valence-corrected chi connectivity index (χ2v) is 9.11. The molecule has 2 fully saturated rings. The monoisotopic (exact) mass is 385 g/mol. The van der Waals surface area contributed by atoms with E-state index in [-0.39, 0.29) is 5.41 Å². The summed E-state index contributed by atoms with van der Waals surface area (Å²) in [5.74, 6) is 2.17. The fourth-order valence-corrected chi connectivity index (χ4v) is 5.35. The van der Waals surface area contributed by atoms with Crippen LogP contribution >= 0.6 is 11.8 Å². The van der Waals surface area contributed by atoms with Crippen molar-refractivity contribution in [2.75, 3.05) is 14.2 Å². The second kappa shape index (κ2) is 6.59. The number of hydrogen-bond donors (Lipinski definition) is 1. The summed E-state index contributed by atoms with van der Waals surface area (Å²) in [4.78, 5) is 4.95. The molecule has 4 rings (SSSR count). The molecule has 144 valence electrons. The van der Waals surface area contributed by atoms with Crippen LogP contribution in [0.1, 0.15) is 45.6 Å². The van der Waals surface area contributed by atoms with Crippen molar-refractivity contribution in [3.8, 4) is 11.5 Å². The van der Waals surface area contributed by atoms with Crippen LogP contribution in [0.4, 0.5) is 0 Å². The van der Waals surface area contributed by atoms with Crippen LogP contribution in [0.2, 0.25) is 0 Å². The van der Waals surface area contributed by atoms with Gasteiger partial charge in [-0.05, 0) is 48.8 Å². The molecular formula is C21H27N3O2S. The van der Waals surface area contributed by atoms with Gasteiger partial charge in [0.15, 0.2) is 11.5 Å². The minimum atomic E-state index is 0.202. The van der Waals surface area contributed by atoms with Crippen LogP contribution in [0.15, 0.2) is 33.7 Å². The van der Waals surface area contributed by atoms with E-state index in [0.29, 0.717) is 16.9 Å². The van der Waals surface area contributed by atoms with E-state index in [1.165, 1.54) is 18.6 Å². The number of ether oxygens (including phenoxy) is 2. The van der Waals surface area contributed by atoms with Gasteiger partial charge in [-0.25, -0.2) is 4.99 Å². The second-order valence-electron chi connectivity index (χ2n) is 8.28. The normalized spacial score (nSPS) is 30.0. The molecule has 2 aliphatic carbocycles.